The first-order chi connectivity index (χ1) is 15.2. The molecule has 0 spiro atoms. The molecule has 8 nitrogen and oxygen atoms in total. The Bertz CT molecular complexity index is 1090. The lowest BCUT2D eigenvalue weighted by Gasteiger charge is -2.26. The van der Waals surface area contributed by atoms with E-state index >= 15 is 0 Å². The summed E-state index contributed by atoms with van der Waals surface area (Å²) < 4.78 is 36.7. The maximum Gasteiger partial charge on any atom is 0.331 e. The van der Waals surface area contributed by atoms with Gasteiger partial charge in [0.05, 0.1) is 18.1 Å². The number of anilines is 1. The number of morpholine rings is 1. The topological polar surface area (TPSA) is 102 Å². The number of hydrogen-bond donors (Lipinski definition) is 1. The number of nitrogens with one attached hydrogen (secondary N) is 1. The van der Waals surface area contributed by atoms with Crippen LogP contribution in [0.25, 0.3) is 6.08 Å². The second kappa shape index (κ2) is 10.9. The van der Waals surface area contributed by atoms with Gasteiger partial charge in [0.2, 0.25) is 10.0 Å². The van der Waals surface area contributed by atoms with Gasteiger partial charge in [-0.15, -0.1) is 0 Å². The predicted molar refractivity (Wildman–Crippen MR) is 121 cm³/mol. The summed E-state index contributed by atoms with van der Waals surface area (Å²) in [5, 5.41) is 3.24. The molecule has 0 aliphatic carbocycles. The van der Waals surface area contributed by atoms with Gasteiger partial charge in [0.25, 0.3) is 5.91 Å². The zero-order valence-electron chi connectivity index (χ0n) is 16.8. The van der Waals surface area contributed by atoms with E-state index in [4.69, 9.17) is 32.7 Å². The quantitative estimate of drug-likeness (QED) is 0.464. The molecular weight excluding hydrogens is 479 g/mol. The SMILES string of the molecule is O=C(COC(=O)/C=C/c1ccc(S(=O)(=O)N2CCOCC2)cc1)Nc1cc(Cl)cc(Cl)c1. The minimum atomic E-state index is -3.58. The maximum atomic E-state index is 12.6. The van der Waals surface area contributed by atoms with E-state index in [1.54, 1.807) is 12.1 Å². The van der Waals surface area contributed by atoms with Crippen LogP contribution in [-0.2, 0) is 29.1 Å². The van der Waals surface area contributed by atoms with Crippen LogP contribution < -0.4 is 5.32 Å². The van der Waals surface area contributed by atoms with Crippen LogP contribution in [-0.4, -0.2) is 57.5 Å². The molecule has 1 fully saturated rings. The number of carbonyl (C=O) groups excluding carboxylic acids is 2. The van der Waals surface area contributed by atoms with Crippen LogP contribution in [0.4, 0.5) is 5.69 Å². The molecule has 3 rings (SSSR count). The lowest BCUT2D eigenvalue weighted by atomic mass is 10.2. The fraction of sp³-hybridized carbons (Fsp3) is 0.238. The molecule has 170 valence electrons. The number of nitrogens with zero attached hydrogens (tertiary/aromatic N) is 1. The highest BCUT2D eigenvalue weighted by molar-refractivity contribution is 7.89. The monoisotopic (exact) mass is 498 g/mol. The van der Waals surface area contributed by atoms with Crippen molar-refractivity contribution in [1.29, 1.82) is 0 Å². The third-order valence-electron chi connectivity index (χ3n) is 4.39. The Kier molecular flexibility index (Phi) is 8.27. The fourth-order valence-corrected chi connectivity index (χ4v) is 4.79. The van der Waals surface area contributed by atoms with Gasteiger partial charge in [0.15, 0.2) is 6.61 Å². The van der Waals surface area contributed by atoms with Gasteiger partial charge in [-0.3, -0.25) is 4.79 Å². The summed E-state index contributed by atoms with van der Waals surface area (Å²) in [4.78, 5) is 23.9. The van der Waals surface area contributed by atoms with Crippen LogP contribution in [0.1, 0.15) is 5.56 Å². The van der Waals surface area contributed by atoms with Crippen molar-refractivity contribution in [2.24, 2.45) is 0 Å². The zero-order valence-corrected chi connectivity index (χ0v) is 19.1. The van der Waals surface area contributed by atoms with Crippen LogP contribution in [0, 0.1) is 0 Å². The number of halogens is 2. The first-order valence-corrected chi connectivity index (χ1v) is 11.7. The van der Waals surface area contributed by atoms with E-state index in [1.807, 2.05) is 0 Å². The lowest BCUT2D eigenvalue weighted by Crippen LogP contribution is -2.40. The average Bonchev–Trinajstić information content (AvgIpc) is 2.76. The Morgan fingerprint density at radius 2 is 1.69 bits per heavy atom. The van der Waals surface area contributed by atoms with Crippen molar-refractivity contribution in [3.8, 4) is 0 Å². The van der Waals surface area contributed by atoms with Crippen molar-refractivity contribution in [2.75, 3.05) is 38.2 Å². The van der Waals surface area contributed by atoms with Crippen LogP contribution >= 0.6 is 23.2 Å². The number of sulfonamides is 1. The van der Waals surface area contributed by atoms with Crippen LogP contribution in [0.5, 0.6) is 0 Å². The molecule has 0 unspecified atom stereocenters. The van der Waals surface area contributed by atoms with E-state index in [0.29, 0.717) is 47.6 Å². The molecule has 11 heteroatoms. The molecule has 1 heterocycles. The number of amides is 1. The summed E-state index contributed by atoms with van der Waals surface area (Å²) in [6.45, 7) is 0.867. The molecule has 1 aliphatic heterocycles. The average molecular weight is 499 g/mol. The van der Waals surface area contributed by atoms with Crippen molar-refractivity contribution >= 4 is 56.9 Å². The van der Waals surface area contributed by atoms with Crippen molar-refractivity contribution in [3.05, 3.63) is 64.1 Å². The standard InChI is InChI=1S/C21H20Cl2N2O6S/c22-16-11-17(23)13-18(12-16)24-20(26)14-31-21(27)6-3-15-1-4-19(5-2-15)32(28,29)25-7-9-30-10-8-25/h1-6,11-13H,7-10,14H2,(H,24,26)/b6-3+. The van der Waals surface area contributed by atoms with E-state index in [-0.39, 0.29) is 4.90 Å². The Balaban J connectivity index is 1.51. The third-order valence-corrected chi connectivity index (χ3v) is 6.74. The first kappa shape index (κ1) is 24.2. The second-order valence-corrected chi connectivity index (χ2v) is 9.54. The van der Waals surface area contributed by atoms with Gasteiger partial charge in [-0.2, -0.15) is 4.31 Å². The molecule has 0 aromatic heterocycles. The molecule has 1 N–H and O–H groups in total. The molecule has 0 saturated carbocycles. The van der Waals surface area contributed by atoms with E-state index in [9.17, 15) is 18.0 Å². The normalized spacial score (nSPS) is 14.9. The number of hydrogen-bond acceptors (Lipinski definition) is 6. The van der Waals surface area contributed by atoms with E-state index in [0.717, 1.165) is 6.08 Å². The number of rotatable bonds is 7. The summed E-state index contributed by atoms with van der Waals surface area (Å²) in [5.74, 6) is -1.28. The molecule has 2 aromatic rings. The number of benzene rings is 2. The molecule has 1 amide bonds. The van der Waals surface area contributed by atoms with Crippen LogP contribution in [0.15, 0.2) is 53.4 Å². The zero-order chi connectivity index (χ0) is 23.1. The smallest absolute Gasteiger partial charge is 0.331 e. The van der Waals surface area contributed by atoms with Crippen molar-refractivity contribution < 1.29 is 27.5 Å². The summed E-state index contributed by atoms with van der Waals surface area (Å²) in [6, 6.07) is 10.6. The van der Waals surface area contributed by atoms with Gasteiger partial charge in [0.1, 0.15) is 0 Å². The number of ether oxygens (including phenoxy) is 2. The molecule has 1 aliphatic rings. The molecule has 2 aromatic carbocycles. The number of carbonyl (C=O) groups is 2. The molecular formula is C21H20Cl2N2O6S. The molecule has 0 atom stereocenters. The van der Waals surface area contributed by atoms with Crippen LogP contribution in [0.3, 0.4) is 0 Å². The fourth-order valence-electron chi connectivity index (χ4n) is 2.86. The van der Waals surface area contributed by atoms with Gasteiger partial charge in [0, 0.05) is 34.9 Å². The molecule has 0 radical (unpaired) electrons. The maximum absolute atomic E-state index is 12.6. The Hall–Kier alpha value is -2.43. The minimum Gasteiger partial charge on any atom is -0.452 e. The second-order valence-electron chi connectivity index (χ2n) is 6.73. The molecule has 32 heavy (non-hydrogen) atoms. The van der Waals surface area contributed by atoms with Crippen molar-refractivity contribution in [1.82, 2.24) is 4.31 Å². The van der Waals surface area contributed by atoms with E-state index < -0.39 is 28.5 Å². The lowest BCUT2D eigenvalue weighted by molar-refractivity contribution is -0.142. The van der Waals surface area contributed by atoms with Gasteiger partial charge in [-0.1, -0.05) is 35.3 Å². The third kappa shape index (κ3) is 6.78. The van der Waals surface area contributed by atoms with Gasteiger partial charge in [-0.25, -0.2) is 13.2 Å². The Labute approximate surface area is 195 Å². The summed E-state index contributed by atoms with van der Waals surface area (Å²) >= 11 is 11.7. The first-order valence-electron chi connectivity index (χ1n) is 9.53. The summed E-state index contributed by atoms with van der Waals surface area (Å²) in [6.07, 6.45) is 2.61. The van der Waals surface area contributed by atoms with Gasteiger partial charge < -0.3 is 14.8 Å². The summed E-state index contributed by atoms with van der Waals surface area (Å²) in [5.41, 5.74) is 0.979. The van der Waals surface area contributed by atoms with Crippen molar-refractivity contribution in [3.63, 3.8) is 0 Å². The van der Waals surface area contributed by atoms with Gasteiger partial charge >= 0.3 is 5.97 Å². The number of esters is 1. The Morgan fingerprint density at radius 1 is 1.06 bits per heavy atom. The molecule has 1 saturated heterocycles. The molecule has 0 bridgehead atoms. The minimum absolute atomic E-state index is 0.164. The highest BCUT2D eigenvalue weighted by atomic mass is 35.5. The summed E-state index contributed by atoms with van der Waals surface area (Å²) in [7, 11) is -3.58. The predicted octanol–water partition coefficient (Wildman–Crippen LogP) is 3.21. The van der Waals surface area contributed by atoms with Gasteiger partial charge in [-0.05, 0) is 42.0 Å². The van der Waals surface area contributed by atoms with E-state index in [1.165, 1.54) is 40.7 Å². The largest absolute Gasteiger partial charge is 0.452 e. The van der Waals surface area contributed by atoms with E-state index in [2.05, 4.69) is 5.32 Å². The van der Waals surface area contributed by atoms with Crippen LogP contribution in [0.2, 0.25) is 10.0 Å². The highest BCUT2D eigenvalue weighted by Crippen LogP contribution is 2.22. The highest BCUT2D eigenvalue weighted by Gasteiger charge is 2.25. The van der Waals surface area contributed by atoms with Crippen molar-refractivity contribution in [2.45, 2.75) is 4.90 Å². The Morgan fingerprint density at radius 3 is 2.31 bits per heavy atom.